The van der Waals surface area contributed by atoms with E-state index < -0.39 is 12.0 Å². The highest BCUT2D eigenvalue weighted by molar-refractivity contribution is 5.84. The van der Waals surface area contributed by atoms with Crippen LogP contribution in [0.3, 0.4) is 0 Å². The largest absolute Gasteiger partial charge is 0.480 e. The fourth-order valence-electron chi connectivity index (χ4n) is 2.12. The van der Waals surface area contributed by atoms with Gasteiger partial charge in [-0.05, 0) is 31.3 Å². The van der Waals surface area contributed by atoms with Crippen molar-refractivity contribution in [3.05, 3.63) is 11.8 Å². The van der Waals surface area contributed by atoms with Crippen molar-refractivity contribution in [2.24, 2.45) is 0 Å². The van der Waals surface area contributed by atoms with E-state index in [0.717, 1.165) is 12.8 Å². The number of carbonyl (C=O) groups is 2. The predicted octanol–water partition coefficient (Wildman–Crippen LogP) is 0.828. The zero-order valence-corrected chi connectivity index (χ0v) is 10.7. The molecule has 1 aliphatic rings. The molecule has 1 atom stereocenters. The lowest BCUT2D eigenvalue weighted by Gasteiger charge is -2.32. The van der Waals surface area contributed by atoms with Gasteiger partial charge in [-0.15, -0.1) is 0 Å². The molecule has 0 spiro atoms. The molecule has 2 heterocycles. The van der Waals surface area contributed by atoms with Gasteiger partial charge in [0.2, 0.25) is 0 Å². The Labute approximate surface area is 110 Å². The lowest BCUT2D eigenvalue weighted by molar-refractivity contribution is -0.152. The van der Waals surface area contributed by atoms with Crippen LogP contribution in [0.2, 0.25) is 0 Å². The first-order valence-corrected chi connectivity index (χ1v) is 6.16. The van der Waals surface area contributed by atoms with E-state index in [1.165, 1.54) is 4.90 Å². The van der Waals surface area contributed by atoms with E-state index >= 15 is 0 Å². The van der Waals surface area contributed by atoms with Crippen molar-refractivity contribution in [1.82, 2.24) is 10.1 Å². The molecule has 7 nitrogen and oxygen atoms in total. The molecule has 1 fully saturated rings. The summed E-state index contributed by atoms with van der Waals surface area (Å²) in [7, 11) is 0. The maximum Gasteiger partial charge on any atom is 0.326 e. The third-order valence-electron chi connectivity index (χ3n) is 3.06. The average Bonchev–Trinajstić information content (AvgIpc) is 2.81. The number of likely N-dealkylation sites (tertiary alicyclic amines) is 1. The van der Waals surface area contributed by atoms with Crippen LogP contribution in [0, 0.1) is 6.92 Å². The molecule has 104 valence electrons. The van der Waals surface area contributed by atoms with Crippen LogP contribution in [0.15, 0.2) is 10.6 Å². The summed E-state index contributed by atoms with van der Waals surface area (Å²) < 4.78 is 9.99. The number of rotatable bonds is 4. The Morgan fingerprint density at radius 2 is 2.37 bits per heavy atom. The number of ether oxygens (including phenoxy) is 1. The highest BCUT2D eigenvalue weighted by Crippen LogP contribution is 2.18. The Morgan fingerprint density at radius 3 is 3.00 bits per heavy atom. The highest BCUT2D eigenvalue weighted by atomic mass is 16.5. The molecule has 2 rings (SSSR count). The summed E-state index contributed by atoms with van der Waals surface area (Å²) in [5.74, 6) is -0.489. The van der Waals surface area contributed by atoms with Crippen molar-refractivity contribution in [2.45, 2.75) is 32.2 Å². The molecule has 0 saturated carbocycles. The minimum Gasteiger partial charge on any atom is -0.480 e. The molecule has 0 aliphatic carbocycles. The number of carbonyl (C=O) groups excluding carboxylic acids is 1. The number of carboxylic acid groups (broad SMARTS) is 1. The van der Waals surface area contributed by atoms with Gasteiger partial charge in [-0.3, -0.25) is 4.79 Å². The van der Waals surface area contributed by atoms with E-state index in [9.17, 15) is 9.59 Å². The number of carboxylic acids is 1. The van der Waals surface area contributed by atoms with Crippen LogP contribution in [-0.2, 0) is 9.59 Å². The third kappa shape index (κ3) is 3.24. The van der Waals surface area contributed by atoms with Gasteiger partial charge < -0.3 is 19.3 Å². The molecular formula is C12H16N2O5. The van der Waals surface area contributed by atoms with Gasteiger partial charge in [-0.2, -0.15) is 0 Å². The minimum atomic E-state index is -0.967. The molecule has 0 bridgehead atoms. The van der Waals surface area contributed by atoms with E-state index in [-0.39, 0.29) is 18.4 Å². The maximum atomic E-state index is 12.0. The second kappa shape index (κ2) is 5.73. The van der Waals surface area contributed by atoms with E-state index in [1.54, 1.807) is 13.0 Å². The van der Waals surface area contributed by atoms with Crippen LogP contribution in [0.4, 0.5) is 0 Å². The average molecular weight is 268 g/mol. The molecule has 1 aromatic heterocycles. The summed E-state index contributed by atoms with van der Waals surface area (Å²) in [4.78, 5) is 24.4. The number of aliphatic carboxylic acids is 1. The molecule has 1 amide bonds. The number of aromatic nitrogens is 1. The van der Waals surface area contributed by atoms with Crippen molar-refractivity contribution in [3.8, 4) is 5.88 Å². The van der Waals surface area contributed by atoms with Crippen molar-refractivity contribution < 1.29 is 24.0 Å². The molecule has 0 unspecified atom stereocenters. The number of hydrogen-bond donors (Lipinski definition) is 1. The summed E-state index contributed by atoms with van der Waals surface area (Å²) in [6, 6.07) is 0.821. The van der Waals surface area contributed by atoms with Crippen LogP contribution in [0.25, 0.3) is 0 Å². The standard InChI is InChI=1S/C12H16N2O5/c1-8-6-10(13-19-8)18-7-11(15)14-5-3-2-4-9(14)12(16)17/h6,9H,2-5,7H2,1H3,(H,16,17)/t9-/m0/s1. The van der Waals surface area contributed by atoms with Gasteiger partial charge in [0, 0.05) is 12.6 Å². The van der Waals surface area contributed by atoms with Crippen LogP contribution in [-0.4, -0.2) is 46.2 Å². The number of amides is 1. The van der Waals surface area contributed by atoms with E-state index in [2.05, 4.69) is 5.16 Å². The van der Waals surface area contributed by atoms with Gasteiger partial charge in [0.1, 0.15) is 11.8 Å². The fourth-order valence-corrected chi connectivity index (χ4v) is 2.12. The predicted molar refractivity (Wildman–Crippen MR) is 63.7 cm³/mol. The molecule has 7 heteroatoms. The number of nitrogens with zero attached hydrogens (tertiary/aromatic N) is 2. The zero-order valence-electron chi connectivity index (χ0n) is 10.7. The van der Waals surface area contributed by atoms with E-state index in [0.29, 0.717) is 18.7 Å². The fraction of sp³-hybridized carbons (Fsp3) is 0.583. The topological polar surface area (TPSA) is 92.9 Å². The number of hydrogen-bond acceptors (Lipinski definition) is 5. The molecular weight excluding hydrogens is 252 g/mol. The van der Waals surface area contributed by atoms with Crippen molar-refractivity contribution in [2.75, 3.05) is 13.2 Å². The second-order valence-electron chi connectivity index (χ2n) is 4.50. The molecule has 1 N–H and O–H groups in total. The number of piperidine rings is 1. The summed E-state index contributed by atoms with van der Waals surface area (Å²) in [6.45, 7) is 1.94. The van der Waals surface area contributed by atoms with Gasteiger partial charge in [0.25, 0.3) is 11.8 Å². The van der Waals surface area contributed by atoms with Crippen molar-refractivity contribution in [1.29, 1.82) is 0 Å². The third-order valence-corrected chi connectivity index (χ3v) is 3.06. The lowest BCUT2D eigenvalue weighted by Crippen LogP contribution is -2.49. The first-order valence-electron chi connectivity index (χ1n) is 6.16. The Bertz CT molecular complexity index is 470. The first kappa shape index (κ1) is 13.4. The molecule has 0 aromatic carbocycles. The Hall–Kier alpha value is -2.05. The summed E-state index contributed by atoms with van der Waals surface area (Å²) >= 11 is 0. The lowest BCUT2D eigenvalue weighted by atomic mass is 10.0. The van der Waals surface area contributed by atoms with Gasteiger partial charge >= 0.3 is 5.97 Å². The normalized spacial score (nSPS) is 19.2. The maximum absolute atomic E-state index is 12.0. The van der Waals surface area contributed by atoms with Gasteiger partial charge in [-0.25, -0.2) is 4.79 Å². The molecule has 1 saturated heterocycles. The highest BCUT2D eigenvalue weighted by Gasteiger charge is 2.32. The zero-order chi connectivity index (χ0) is 13.8. The van der Waals surface area contributed by atoms with Crippen LogP contribution in [0.1, 0.15) is 25.0 Å². The van der Waals surface area contributed by atoms with Gasteiger partial charge in [0.15, 0.2) is 6.61 Å². The monoisotopic (exact) mass is 268 g/mol. The van der Waals surface area contributed by atoms with Gasteiger partial charge in [-0.1, -0.05) is 0 Å². The smallest absolute Gasteiger partial charge is 0.326 e. The van der Waals surface area contributed by atoms with E-state index in [4.69, 9.17) is 14.4 Å². The van der Waals surface area contributed by atoms with E-state index in [1.807, 2.05) is 0 Å². The summed E-state index contributed by atoms with van der Waals surface area (Å²) in [5, 5.41) is 12.7. The molecule has 1 aliphatic heterocycles. The van der Waals surface area contributed by atoms with Crippen LogP contribution >= 0.6 is 0 Å². The minimum absolute atomic E-state index is 0.226. The Kier molecular flexibility index (Phi) is 4.03. The van der Waals surface area contributed by atoms with Crippen molar-refractivity contribution >= 4 is 11.9 Å². The second-order valence-corrected chi connectivity index (χ2v) is 4.50. The van der Waals surface area contributed by atoms with Crippen LogP contribution < -0.4 is 4.74 Å². The Balaban J connectivity index is 1.92. The molecule has 0 radical (unpaired) electrons. The SMILES string of the molecule is Cc1cc(OCC(=O)N2CCCC[C@H]2C(=O)O)no1. The number of aryl methyl sites for hydroxylation is 1. The van der Waals surface area contributed by atoms with Crippen LogP contribution in [0.5, 0.6) is 5.88 Å². The Morgan fingerprint density at radius 1 is 1.58 bits per heavy atom. The van der Waals surface area contributed by atoms with Gasteiger partial charge in [0.05, 0.1) is 0 Å². The quantitative estimate of drug-likeness (QED) is 0.869. The summed E-state index contributed by atoms with van der Waals surface area (Å²) in [6.07, 6.45) is 2.13. The van der Waals surface area contributed by atoms with Crippen molar-refractivity contribution in [3.63, 3.8) is 0 Å². The summed E-state index contributed by atoms with van der Waals surface area (Å²) in [5.41, 5.74) is 0. The molecule has 19 heavy (non-hydrogen) atoms. The first-order chi connectivity index (χ1) is 9.08. The molecule has 1 aromatic rings.